The van der Waals surface area contributed by atoms with Crippen molar-refractivity contribution in [3.63, 3.8) is 0 Å². The number of carbonyl (C=O) groups excluding carboxylic acids is 3. The minimum Gasteiger partial charge on any atom is -0.462 e. The largest absolute Gasteiger partial charge is 0.462 e. The molecule has 0 saturated carbocycles. The molecule has 462 valence electrons. The predicted molar refractivity (Wildman–Crippen MR) is 340 cm³/mol. The fourth-order valence-corrected chi connectivity index (χ4v) is 11.2. The number of esters is 3. The normalized spacial score (nSPS) is 12.0. The summed E-state index contributed by atoms with van der Waals surface area (Å²) in [5, 5.41) is 0. The number of ether oxygens (including phenoxy) is 3. The molecule has 0 aliphatic heterocycles. The zero-order valence-electron chi connectivity index (χ0n) is 53.2. The van der Waals surface area contributed by atoms with Crippen LogP contribution < -0.4 is 0 Å². The summed E-state index contributed by atoms with van der Waals surface area (Å²) < 4.78 is 16.9. The summed E-state index contributed by atoms with van der Waals surface area (Å²) in [5.74, 6) is -0.848. The molecule has 0 N–H and O–H groups in total. The maximum atomic E-state index is 12.9. The molecule has 1 atom stereocenters. The quantitative estimate of drug-likeness (QED) is 0.0261. The van der Waals surface area contributed by atoms with Crippen LogP contribution in [0.2, 0.25) is 0 Å². The highest BCUT2D eigenvalue weighted by molar-refractivity contribution is 5.71. The molecule has 6 nitrogen and oxygen atoms in total. The van der Waals surface area contributed by atoms with E-state index in [1.54, 1.807) is 0 Å². The van der Waals surface area contributed by atoms with E-state index in [9.17, 15) is 14.4 Å². The molecule has 0 saturated heterocycles. The van der Waals surface area contributed by atoms with E-state index in [4.69, 9.17) is 14.2 Å². The van der Waals surface area contributed by atoms with E-state index in [2.05, 4.69) is 32.9 Å². The molecule has 0 spiro atoms. The highest BCUT2D eigenvalue weighted by Crippen LogP contribution is 2.19. The standard InChI is InChI=1S/C72H138O6/c1-4-7-10-13-16-19-22-25-26-27-28-29-30-31-32-33-34-35-36-37-38-39-40-41-42-43-44-45-46-48-50-53-56-59-62-65-71(74)77-68-69(67-76-70(73)64-61-58-55-52-49-24-21-18-15-12-9-6-3)78-72(75)66-63-60-57-54-51-47-23-20-17-14-11-8-5-2/h20,23,69H,4-19,21-22,24-68H2,1-3H3/b23-20-. The minimum atomic E-state index is -0.769. The first-order valence-corrected chi connectivity index (χ1v) is 35.7. The lowest BCUT2D eigenvalue weighted by molar-refractivity contribution is -0.167. The molecular weight excluding hydrogens is 961 g/mol. The molecule has 0 aromatic carbocycles. The third-order valence-corrected chi connectivity index (χ3v) is 16.5. The van der Waals surface area contributed by atoms with Gasteiger partial charge in [-0.3, -0.25) is 14.4 Å². The summed E-state index contributed by atoms with van der Waals surface area (Å²) in [5.41, 5.74) is 0. The molecule has 0 aliphatic carbocycles. The first kappa shape index (κ1) is 76.1. The SMILES string of the molecule is CCCCCC/C=C\CCCCCCCC(=O)OC(COC(=O)CCCCCCCCCCCCCC)COC(=O)CCCCCCCCCCCCCCCCCCCCCCCCCCCCCCCCCCCCC. The summed E-state index contributed by atoms with van der Waals surface area (Å²) in [4.78, 5) is 38.2. The Morgan fingerprint density at radius 3 is 0.654 bits per heavy atom. The van der Waals surface area contributed by atoms with Crippen molar-refractivity contribution in [2.24, 2.45) is 0 Å². The van der Waals surface area contributed by atoms with Crippen molar-refractivity contribution in [3.05, 3.63) is 12.2 Å². The average molecular weight is 1100 g/mol. The molecule has 78 heavy (non-hydrogen) atoms. The molecule has 0 rings (SSSR count). The van der Waals surface area contributed by atoms with Crippen LogP contribution >= 0.6 is 0 Å². The smallest absolute Gasteiger partial charge is 0.306 e. The van der Waals surface area contributed by atoms with E-state index in [0.717, 1.165) is 64.2 Å². The summed E-state index contributed by atoms with van der Waals surface area (Å²) in [7, 11) is 0. The minimum absolute atomic E-state index is 0.0672. The van der Waals surface area contributed by atoms with Gasteiger partial charge in [-0.15, -0.1) is 0 Å². The Labute approximate surface area is 488 Å². The molecular formula is C72H138O6. The second kappa shape index (κ2) is 67.7. The van der Waals surface area contributed by atoms with E-state index in [1.807, 2.05) is 0 Å². The fourth-order valence-electron chi connectivity index (χ4n) is 11.2. The second-order valence-electron chi connectivity index (χ2n) is 24.5. The van der Waals surface area contributed by atoms with Crippen LogP contribution in [-0.2, 0) is 28.6 Å². The van der Waals surface area contributed by atoms with Crippen LogP contribution in [0.5, 0.6) is 0 Å². The van der Waals surface area contributed by atoms with Gasteiger partial charge in [0.2, 0.25) is 0 Å². The molecule has 0 heterocycles. The van der Waals surface area contributed by atoms with E-state index in [0.29, 0.717) is 19.3 Å². The highest BCUT2D eigenvalue weighted by atomic mass is 16.6. The molecule has 6 heteroatoms. The van der Waals surface area contributed by atoms with Gasteiger partial charge in [-0.1, -0.05) is 360 Å². The molecule has 0 bridgehead atoms. The maximum Gasteiger partial charge on any atom is 0.306 e. The van der Waals surface area contributed by atoms with Crippen molar-refractivity contribution in [2.75, 3.05) is 13.2 Å². The second-order valence-corrected chi connectivity index (χ2v) is 24.5. The Morgan fingerprint density at radius 2 is 0.423 bits per heavy atom. The fraction of sp³-hybridized carbons (Fsp3) is 0.931. The van der Waals surface area contributed by atoms with E-state index < -0.39 is 6.10 Å². The lowest BCUT2D eigenvalue weighted by Crippen LogP contribution is -2.30. The van der Waals surface area contributed by atoms with Gasteiger partial charge < -0.3 is 14.2 Å². The maximum absolute atomic E-state index is 12.9. The Kier molecular flexibility index (Phi) is 66.0. The van der Waals surface area contributed by atoms with Crippen molar-refractivity contribution in [3.8, 4) is 0 Å². The summed E-state index contributed by atoms with van der Waals surface area (Å²) in [6, 6.07) is 0. The van der Waals surface area contributed by atoms with Crippen molar-refractivity contribution in [1.29, 1.82) is 0 Å². The van der Waals surface area contributed by atoms with Gasteiger partial charge in [0.25, 0.3) is 0 Å². The third-order valence-electron chi connectivity index (χ3n) is 16.5. The Bertz CT molecular complexity index is 1210. The number of carbonyl (C=O) groups is 3. The monoisotopic (exact) mass is 1100 g/mol. The van der Waals surface area contributed by atoms with Crippen LogP contribution in [-0.4, -0.2) is 37.2 Å². The molecule has 0 aromatic heterocycles. The summed E-state index contributed by atoms with van der Waals surface area (Å²) in [6.07, 6.45) is 81.3. The first-order chi connectivity index (χ1) is 38.5. The summed E-state index contributed by atoms with van der Waals surface area (Å²) >= 11 is 0. The Morgan fingerprint density at radius 1 is 0.244 bits per heavy atom. The number of allylic oxidation sites excluding steroid dienone is 2. The van der Waals surface area contributed by atoms with Crippen molar-refractivity contribution >= 4 is 17.9 Å². The Hall–Kier alpha value is -1.85. The van der Waals surface area contributed by atoms with Crippen LogP contribution in [0.4, 0.5) is 0 Å². The van der Waals surface area contributed by atoms with Gasteiger partial charge in [0, 0.05) is 19.3 Å². The molecule has 0 aromatic rings. The number of hydrogen-bond donors (Lipinski definition) is 0. The van der Waals surface area contributed by atoms with Gasteiger partial charge >= 0.3 is 17.9 Å². The molecule has 0 fully saturated rings. The third kappa shape index (κ3) is 65.0. The lowest BCUT2D eigenvalue weighted by Gasteiger charge is -2.18. The van der Waals surface area contributed by atoms with Crippen molar-refractivity contribution < 1.29 is 28.6 Å². The van der Waals surface area contributed by atoms with Crippen molar-refractivity contribution in [2.45, 2.75) is 419 Å². The van der Waals surface area contributed by atoms with E-state index in [-0.39, 0.29) is 31.1 Å². The first-order valence-electron chi connectivity index (χ1n) is 35.7. The van der Waals surface area contributed by atoms with Crippen LogP contribution in [0.3, 0.4) is 0 Å². The van der Waals surface area contributed by atoms with Gasteiger partial charge in [0.05, 0.1) is 0 Å². The zero-order valence-corrected chi connectivity index (χ0v) is 53.2. The van der Waals surface area contributed by atoms with Gasteiger partial charge in [0.1, 0.15) is 13.2 Å². The Balaban J connectivity index is 3.96. The number of rotatable bonds is 67. The van der Waals surface area contributed by atoms with Gasteiger partial charge in [-0.2, -0.15) is 0 Å². The zero-order chi connectivity index (χ0) is 56.4. The van der Waals surface area contributed by atoms with Gasteiger partial charge in [-0.25, -0.2) is 0 Å². The van der Waals surface area contributed by atoms with Gasteiger partial charge in [0.15, 0.2) is 6.10 Å². The predicted octanol–water partition coefficient (Wildman–Crippen LogP) is 24.4. The molecule has 0 amide bonds. The molecule has 0 aliphatic rings. The number of hydrogen-bond acceptors (Lipinski definition) is 6. The molecule has 1 unspecified atom stereocenters. The van der Waals surface area contributed by atoms with Crippen molar-refractivity contribution in [1.82, 2.24) is 0 Å². The highest BCUT2D eigenvalue weighted by Gasteiger charge is 2.19. The van der Waals surface area contributed by atoms with Crippen LogP contribution in [0.1, 0.15) is 412 Å². The van der Waals surface area contributed by atoms with Crippen LogP contribution in [0.15, 0.2) is 12.2 Å². The summed E-state index contributed by atoms with van der Waals surface area (Å²) in [6.45, 7) is 6.69. The molecule has 0 radical (unpaired) electrons. The topological polar surface area (TPSA) is 78.9 Å². The average Bonchev–Trinajstić information content (AvgIpc) is 3.44. The van der Waals surface area contributed by atoms with E-state index in [1.165, 1.54) is 308 Å². The lowest BCUT2D eigenvalue weighted by atomic mass is 10.0. The van der Waals surface area contributed by atoms with Crippen LogP contribution in [0, 0.1) is 0 Å². The van der Waals surface area contributed by atoms with Gasteiger partial charge in [-0.05, 0) is 44.9 Å². The number of unbranched alkanes of at least 4 members (excludes halogenated alkanes) is 54. The van der Waals surface area contributed by atoms with Crippen LogP contribution in [0.25, 0.3) is 0 Å². The van der Waals surface area contributed by atoms with E-state index >= 15 is 0 Å².